The predicted octanol–water partition coefficient (Wildman–Crippen LogP) is 2.22. The minimum atomic E-state index is -0.370. The number of hydrogen-bond donors (Lipinski definition) is 0. The van der Waals surface area contributed by atoms with E-state index < -0.39 is 0 Å². The normalized spacial score (nSPS) is 22.0. The van der Waals surface area contributed by atoms with Gasteiger partial charge in [-0.1, -0.05) is 12.1 Å². The van der Waals surface area contributed by atoms with Gasteiger partial charge in [0.2, 0.25) is 0 Å². The van der Waals surface area contributed by atoms with Crippen LogP contribution in [0.4, 0.5) is 0 Å². The highest BCUT2D eigenvalue weighted by Crippen LogP contribution is 2.36. The van der Waals surface area contributed by atoms with Crippen LogP contribution in [0.2, 0.25) is 0 Å². The maximum Gasteiger partial charge on any atom is 0.494 e. The van der Waals surface area contributed by atoms with Crippen LogP contribution in [0.5, 0.6) is 0 Å². The molecule has 28 heavy (non-hydrogen) atoms. The average Bonchev–Trinajstić information content (AvgIpc) is 3.16. The number of aromatic nitrogens is 2. The summed E-state index contributed by atoms with van der Waals surface area (Å²) >= 11 is 0. The Kier molecular flexibility index (Phi) is 5.12. The number of hydrogen-bond acceptors (Lipinski definition) is 5. The zero-order chi connectivity index (χ0) is 19.9. The first-order valence-corrected chi connectivity index (χ1v) is 10.0. The number of benzene rings is 1. The average molecular weight is 383 g/mol. The van der Waals surface area contributed by atoms with E-state index in [0.29, 0.717) is 0 Å². The summed E-state index contributed by atoms with van der Waals surface area (Å²) in [5.74, 6) is 0. The largest absolute Gasteiger partial charge is 0.494 e. The second-order valence-electron chi connectivity index (χ2n) is 8.84. The van der Waals surface area contributed by atoms with Crippen LogP contribution in [0.3, 0.4) is 0 Å². The standard InChI is InChI=1S/C21H30BN3O3/c1-20(2)21(3,4)28-22(27-20)19-11-16(14-25-6-8-26-9-7-25)10-17(12-19)18-13-23-24(5)15-18/h10-13,15H,6-9,14H2,1-5H3. The smallest absolute Gasteiger partial charge is 0.399 e. The lowest BCUT2D eigenvalue weighted by atomic mass is 9.77. The van der Waals surface area contributed by atoms with Gasteiger partial charge in [-0.25, -0.2) is 0 Å². The highest BCUT2D eigenvalue weighted by atomic mass is 16.7. The summed E-state index contributed by atoms with van der Waals surface area (Å²) in [4.78, 5) is 2.43. The van der Waals surface area contributed by atoms with Gasteiger partial charge in [-0.15, -0.1) is 0 Å². The molecule has 0 saturated carbocycles. The SMILES string of the molecule is Cn1cc(-c2cc(CN3CCOCC3)cc(B3OC(C)(C)C(C)(C)O3)c2)cn1. The van der Waals surface area contributed by atoms with Crippen molar-refractivity contribution in [1.29, 1.82) is 0 Å². The molecule has 0 amide bonds. The van der Waals surface area contributed by atoms with Crippen LogP contribution in [0.1, 0.15) is 33.3 Å². The topological polar surface area (TPSA) is 48.8 Å². The van der Waals surface area contributed by atoms with Crippen molar-refractivity contribution in [2.45, 2.75) is 45.4 Å². The van der Waals surface area contributed by atoms with Crippen molar-refractivity contribution in [3.05, 3.63) is 36.2 Å². The third kappa shape index (κ3) is 3.89. The Bertz CT molecular complexity index is 827. The molecule has 4 rings (SSSR count). The lowest BCUT2D eigenvalue weighted by Crippen LogP contribution is -2.41. The molecule has 0 spiro atoms. The lowest BCUT2D eigenvalue weighted by molar-refractivity contribution is 0.00578. The third-order valence-corrected chi connectivity index (χ3v) is 6.09. The van der Waals surface area contributed by atoms with E-state index in [2.05, 4.69) is 55.9 Å². The molecule has 2 aliphatic heterocycles. The maximum absolute atomic E-state index is 6.31. The van der Waals surface area contributed by atoms with Gasteiger partial charge in [0.05, 0.1) is 30.6 Å². The van der Waals surface area contributed by atoms with Gasteiger partial charge >= 0.3 is 7.12 Å². The molecule has 1 aromatic carbocycles. The third-order valence-electron chi connectivity index (χ3n) is 6.09. The van der Waals surface area contributed by atoms with Gasteiger partial charge < -0.3 is 14.0 Å². The molecule has 0 N–H and O–H groups in total. The van der Waals surface area contributed by atoms with E-state index in [1.165, 1.54) is 5.56 Å². The Balaban J connectivity index is 1.68. The van der Waals surface area contributed by atoms with Crippen molar-refractivity contribution in [3.63, 3.8) is 0 Å². The summed E-state index contributed by atoms with van der Waals surface area (Å²) in [6.07, 6.45) is 3.95. The zero-order valence-electron chi connectivity index (χ0n) is 17.6. The summed E-state index contributed by atoms with van der Waals surface area (Å²) in [5.41, 5.74) is 3.85. The van der Waals surface area contributed by atoms with Crippen molar-refractivity contribution in [2.24, 2.45) is 7.05 Å². The molecular formula is C21H30BN3O3. The van der Waals surface area contributed by atoms with E-state index in [1.807, 2.05) is 24.1 Å². The van der Waals surface area contributed by atoms with Crippen LogP contribution >= 0.6 is 0 Å². The predicted molar refractivity (Wildman–Crippen MR) is 110 cm³/mol. The summed E-state index contributed by atoms with van der Waals surface area (Å²) < 4.78 is 20.0. The van der Waals surface area contributed by atoms with Crippen molar-refractivity contribution in [3.8, 4) is 11.1 Å². The highest BCUT2D eigenvalue weighted by Gasteiger charge is 2.51. The molecule has 2 aliphatic rings. The first-order valence-electron chi connectivity index (χ1n) is 10.0. The number of nitrogens with zero attached hydrogens (tertiary/aromatic N) is 3. The number of aryl methyl sites for hydroxylation is 1. The second-order valence-corrected chi connectivity index (χ2v) is 8.84. The van der Waals surface area contributed by atoms with Gasteiger partial charge in [0, 0.05) is 38.4 Å². The molecular weight excluding hydrogens is 353 g/mol. The minimum Gasteiger partial charge on any atom is -0.399 e. The molecule has 6 nitrogen and oxygen atoms in total. The fourth-order valence-electron chi connectivity index (χ4n) is 3.68. The minimum absolute atomic E-state index is 0.355. The summed E-state index contributed by atoms with van der Waals surface area (Å²) in [5, 5.41) is 4.34. The number of rotatable bonds is 4. The van der Waals surface area contributed by atoms with Gasteiger partial charge in [0.1, 0.15) is 0 Å². The molecule has 3 heterocycles. The van der Waals surface area contributed by atoms with E-state index in [9.17, 15) is 0 Å². The molecule has 1 aromatic heterocycles. The van der Waals surface area contributed by atoms with E-state index >= 15 is 0 Å². The van der Waals surface area contributed by atoms with Gasteiger partial charge in [0.15, 0.2) is 0 Å². The molecule has 0 aliphatic carbocycles. The molecule has 2 saturated heterocycles. The summed E-state index contributed by atoms with van der Waals surface area (Å²) in [6, 6.07) is 6.64. The van der Waals surface area contributed by atoms with Gasteiger partial charge in [-0.3, -0.25) is 9.58 Å². The quantitative estimate of drug-likeness (QED) is 0.758. The van der Waals surface area contributed by atoms with Crippen LogP contribution in [0, 0.1) is 0 Å². The Labute approximate surface area is 167 Å². The zero-order valence-corrected chi connectivity index (χ0v) is 17.6. The summed E-state index contributed by atoms with van der Waals surface area (Å²) in [6.45, 7) is 12.8. The Morgan fingerprint density at radius 1 is 1.00 bits per heavy atom. The number of morpholine rings is 1. The van der Waals surface area contributed by atoms with Crippen molar-refractivity contribution >= 4 is 12.6 Å². The van der Waals surface area contributed by atoms with Crippen molar-refractivity contribution in [2.75, 3.05) is 26.3 Å². The first kappa shape index (κ1) is 19.6. The molecule has 7 heteroatoms. The van der Waals surface area contributed by atoms with E-state index in [-0.39, 0.29) is 18.3 Å². The van der Waals surface area contributed by atoms with Crippen LogP contribution in [-0.4, -0.2) is 59.3 Å². The molecule has 0 radical (unpaired) electrons. The van der Waals surface area contributed by atoms with Gasteiger partial charge in [0.25, 0.3) is 0 Å². The lowest BCUT2D eigenvalue weighted by Gasteiger charge is -2.32. The van der Waals surface area contributed by atoms with Crippen molar-refractivity contribution in [1.82, 2.24) is 14.7 Å². The molecule has 0 unspecified atom stereocenters. The van der Waals surface area contributed by atoms with Gasteiger partial charge in [-0.05, 0) is 50.4 Å². The molecule has 0 bridgehead atoms. The monoisotopic (exact) mass is 383 g/mol. The Morgan fingerprint density at radius 3 is 2.29 bits per heavy atom. The van der Waals surface area contributed by atoms with Crippen LogP contribution in [0.15, 0.2) is 30.6 Å². The molecule has 150 valence electrons. The molecule has 2 fully saturated rings. The van der Waals surface area contributed by atoms with E-state index in [0.717, 1.165) is 49.4 Å². The highest BCUT2D eigenvalue weighted by molar-refractivity contribution is 6.62. The van der Waals surface area contributed by atoms with Crippen molar-refractivity contribution < 1.29 is 14.0 Å². The first-order chi connectivity index (χ1) is 13.2. The fourth-order valence-corrected chi connectivity index (χ4v) is 3.68. The van der Waals surface area contributed by atoms with Crippen LogP contribution in [0.25, 0.3) is 11.1 Å². The van der Waals surface area contributed by atoms with E-state index in [4.69, 9.17) is 14.0 Å². The summed E-state index contributed by atoms with van der Waals surface area (Å²) in [7, 11) is 1.57. The number of ether oxygens (including phenoxy) is 1. The van der Waals surface area contributed by atoms with Gasteiger partial charge in [-0.2, -0.15) is 5.10 Å². The van der Waals surface area contributed by atoms with Crippen LogP contribution in [-0.2, 0) is 27.6 Å². The fraction of sp³-hybridized carbons (Fsp3) is 0.571. The Hall–Kier alpha value is -1.67. The second kappa shape index (κ2) is 7.30. The van der Waals surface area contributed by atoms with Crippen LogP contribution < -0.4 is 5.46 Å². The maximum atomic E-state index is 6.31. The Morgan fingerprint density at radius 2 is 1.68 bits per heavy atom. The molecule has 2 aromatic rings. The van der Waals surface area contributed by atoms with E-state index in [1.54, 1.807) is 0 Å². The molecule has 0 atom stereocenters.